The summed E-state index contributed by atoms with van der Waals surface area (Å²) in [6.45, 7) is 1.92. The molecule has 0 spiro atoms. The van der Waals surface area contributed by atoms with Crippen molar-refractivity contribution in [3.8, 4) is 17.5 Å². The van der Waals surface area contributed by atoms with Crippen LogP contribution in [-0.2, 0) is 7.05 Å². The van der Waals surface area contributed by atoms with Gasteiger partial charge in [0.2, 0.25) is 11.8 Å². The van der Waals surface area contributed by atoms with E-state index in [4.69, 9.17) is 0 Å². The maximum Gasteiger partial charge on any atom is 0.276 e. The van der Waals surface area contributed by atoms with Crippen LogP contribution in [0, 0.1) is 0 Å². The SMILES string of the molecule is CCC(=Nc1c(Nc2ncnc(C(=O)N(C)C)c2O)c(O)n(C)c1O)c1ccccc1. The molecule has 0 saturated heterocycles. The summed E-state index contributed by atoms with van der Waals surface area (Å²) in [4.78, 5) is 25.9. The minimum absolute atomic E-state index is 0.0270. The third-order valence-corrected chi connectivity index (χ3v) is 4.67. The lowest BCUT2D eigenvalue weighted by molar-refractivity contribution is 0.0818. The molecule has 0 saturated carbocycles. The molecule has 3 aromatic rings. The highest BCUT2D eigenvalue weighted by Gasteiger charge is 2.25. The summed E-state index contributed by atoms with van der Waals surface area (Å²) in [6.07, 6.45) is 1.68. The Morgan fingerprint density at radius 1 is 1.13 bits per heavy atom. The number of rotatable bonds is 6. The Balaban J connectivity index is 2.10. The van der Waals surface area contributed by atoms with Crippen molar-refractivity contribution in [1.82, 2.24) is 19.4 Å². The monoisotopic (exact) mass is 424 g/mol. The molecule has 10 heteroatoms. The molecule has 0 bridgehead atoms. The van der Waals surface area contributed by atoms with Crippen LogP contribution < -0.4 is 5.32 Å². The summed E-state index contributed by atoms with van der Waals surface area (Å²) in [5.41, 5.74) is 1.44. The van der Waals surface area contributed by atoms with E-state index in [1.807, 2.05) is 37.3 Å². The molecule has 10 nitrogen and oxygen atoms in total. The number of aliphatic imine (C=N–C) groups is 1. The van der Waals surface area contributed by atoms with Gasteiger partial charge < -0.3 is 25.5 Å². The Kier molecular flexibility index (Phi) is 6.10. The zero-order chi connectivity index (χ0) is 22.7. The zero-order valence-corrected chi connectivity index (χ0v) is 17.7. The van der Waals surface area contributed by atoms with E-state index < -0.39 is 11.7 Å². The van der Waals surface area contributed by atoms with Crippen LogP contribution in [0.2, 0.25) is 0 Å². The molecule has 1 amide bonds. The van der Waals surface area contributed by atoms with Crippen LogP contribution in [0.5, 0.6) is 17.5 Å². The van der Waals surface area contributed by atoms with Crippen molar-refractivity contribution in [2.45, 2.75) is 13.3 Å². The van der Waals surface area contributed by atoms with Crippen LogP contribution in [0.15, 0.2) is 41.7 Å². The molecule has 1 aromatic carbocycles. The highest BCUT2D eigenvalue weighted by Crippen LogP contribution is 2.46. The van der Waals surface area contributed by atoms with Gasteiger partial charge in [-0.1, -0.05) is 37.3 Å². The highest BCUT2D eigenvalue weighted by atomic mass is 16.3. The predicted molar refractivity (Wildman–Crippen MR) is 117 cm³/mol. The number of hydrogen-bond acceptors (Lipinski definition) is 8. The molecule has 2 heterocycles. The number of aromatic nitrogens is 3. The van der Waals surface area contributed by atoms with Gasteiger partial charge in [0.1, 0.15) is 12.0 Å². The minimum Gasteiger partial charge on any atom is -0.503 e. The molecule has 3 rings (SSSR count). The van der Waals surface area contributed by atoms with E-state index in [0.717, 1.165) is 16.5 Å². The first-order valence-corrected chi connectivity index (χ1v) is 9.52. The number of carbonyl (C=O) groups is 1. The van der Waals surface area contributed by atoms with Crippen LogP contribution >= 0.6 is 0 Å². The maximum absolute atomic E-state index is 12.2. The van der Waals surface area contributed by atoms with Crippen molar-refractivity contribution >= 4 is 28.8 Å². The average molecular weight is 424 g/mol. The van der Waals surface area contributed by atoms with E-state index in [9.17, 15) is 20.1 Å². The molecule has 2 aromatic heterocycles. The Bertz CT molecular complexity index is 1140. The molecule has 31 heavy (non-hydrogen) atoms. The van der Waals surface area contributed by atoms with Gasteiger partial charge in [-0.3, -0.25) is 9.36 Å². The van der Waals surface area contributed by atoms with E-state index in [1.165, 1.54) is 26.0 Å². The number of carbonyl (C=O) groups excluding carboxylic acids is 1. The third kappa shape index (κ3) is 4.13. The van der Waals surface area contributed by atoms with Gasteiger partial charge in [0.05, 0.1) is 0 Å². The lowest BCUT2D eigenvalue weighted by atomic mass is 10.1. The van der Waals surface area contributed by atoms with Gasteiger partial charge in [-0.25, -0.2) is 15.0 Å². The summed E-state index contributed by atoms with van der Waals surface area (Å²) < 4.78 is 1.14. The van der Waals surface area contributed by atoms with Crippen LogP contribution in [0.4, 0.5) is 17.2 Å². The largest absolute Gasteiger partial charge is 0.503 e. The van der Waals surface area contributed by atoms with Crippen LogP contribution in [-0.4, -0.2) is 60.5 Å². The summed E-state index contributed by atoms with van der Waals surface area (Å²) in [6, 6.07) is 9.43. The third-order valence-electron chi connectivity index (χ3n) is 4.67. The van der Waals surface area contributed by atoms with Gasteiger partial charge in [0.15, 0.2) is 22.9 Å². The van der Waals surface area contributed by atoms with Gasteiger partial charge >= 0.3 is 0 Å². The van der Waals surface area contributed by atoms with Gasteiger partial charge in [0.25, 0.3) is 5.91 Å². The first kappa shape index (κ1) is 21.6. The summed E-state index contributed by atoms with van der Waals surface area (Å²) in [7, 11) is 4.52. The normalized spacial score (nSPS) is 11.4. The first-order chi connectivity index (χ1) is 14.8. The minimum atomic E-state index is -0.515. The smallest absolute Gasteiger partial charge is 0.276 e. The van der Waals surface area contributed by atoms with Crippen molar-refractivity contribution in [3.05, 3.63) is 47.9 Å². The maximum atomic E-state index is 12.2. The lowest BCUT2D eigenvalue weighted by Crippen LogP contribution is -2.23. The molecule has 0 atom stereocenters. The Hall–Kier alpha value is -4.08. The van der Waals surface area contributed by atoms with Gasteiger partial charge in [-0.15, -0.1) is 0 Å². The van der Waals surface area contributed by atoms with Crippen LogP contribution in [0.3, 0.4) is 0 Å². The number of aromatic hydroxyl groups is 3. The summed E-state index contributed by atoms with van der Waals surface area (Å²) >= 11 is 0. The van der Waals surface area contributed by atoms with Crippen molar-refractivity contribution < 1.29 is 20.1 Å². The predicted octanol–water partition coefficient (Wildman–Crippen LogP) is 2.91. The van der Waals surface area contributed by atoms with Crippen molar-refractivity contribution in [3.63, 3.8) is 0 Å². The number of nitrogens with one attached hydrogen (secondary N) is 1. The first-order valence-electron chi connectivity index (χ1n) is 9.52. The van der Waals surface area contributed by atoms with Crippen LogP contribution in [0.1, 0.15) is 29.4 Å². The van der Waals surface area contributed by atoms with Crippen LogP contribution in [0.25, 0.3) is 0 Å². The second kappa shape index (κ2) is 8.74. The van der Waals surface area contributed by atoms with Gasteiger partial charge in [-0.05, 0) is 12.0 Å². The van der Waals surface area contributed by atoms with Crippen molar-refractivity contribution in [2.24, 2.45) is 12.0 Å². The highest BCUT2D eigenvalue weighted by molar-refractivity contribution is 6.03. The van der Waals surface area contributed by atoms with E-state index in [0.29, 0.717) is 12.1 Å². The zero-order valence-electron chi connectivity index (χ0n) is 17.7. The fraction of sp³-hybridized carbons (Fsp3) is 0.238. The van der Waals surface area contributed by atoms with E-state index >= 15 is 0 Å². The molecule has 0 radical (unpaired) electrons. The lowest BCUT2D eigenvalue weighted by Gasteiger charge is -2.13. The number of benzene rings is 1. The van der Waals surface area contributed by atoms with Crippen molar-refractivity contribution in [2.75, 3.05) is 19.4 Å². The van der Waals surface area contributed by atoms with Gasteiger partial charge in [-0.2, -0.15) is 0 Å². The summed E-state index contributed by atoms with van der Waals surface area (Å²) in [5.74, 6) is -1.72. The summed E-state index contributed by atoms with van der Waals surface area (Å²) in [5, 5.41) is 34.4. The molecule has 0 fully saturated rings. The van der Waals surface area contributed by atoms with E-state index in [-0.39, 0.29) is 34.6 Å². The average Bonchev–Trinajstić information content (AvgIpc) is 2.96. The Morgan fingerprint density at radius 2 is 1.81 bits per heavy atom. The molecule has 0 aliphatic heterocycles. The van der Waals surface area contributed by atoms with E-state index in [2.05, 4.69) is 20.3 Å². The van der Waals surface area contributed by atoms with Gasteiger partial charge in [0, 0.05) is 26.9 Å². The number of nitrogens with zero attached hydrogens (tertiary/aromatic N) is 5. The fourth-order valence-corrected chi connectivity index (χ4v) is 2.94. The Labute approximate surface area is 179 Å². The molecule has 0 aliphatic carbocycles. The molecular weight excluding hydrogens is 400 g/mol. The molecule has 0 unspecified atom stereocenters. The molecule has 4 N–H and O–H groups in total. The number of amides is 1. The van der Waals surface area contributed by atoms with E-state index in [1.54, 1.807) is 0 Å². The quantitative estimate of drug-likeness (QED) is 0.447. The standard InChI is InChI=1S/C21H24N6O4/c1-5-13(12-9-7-6-8-10-12)24-14-15(21(31)27(4)20(14)30)25-18-17(28)16(22-11-23-18)19(29)26(2)3/h6-11,28,30-31H,5H2,1-4H3,(H,22,23,25). The fourth-order valence-electron chi connectivity index (χ4n) is 2.94. The molecular formula is C21H24N6O4. The molecule has 162 valence electrons. The number of hydrogen-bond donors (Lipinski definition) is 4. The Morgan fingerprint density at radius 3 is 2.42 bits per heavy atom. The second-order valence-corrected chi connectivity index (χ2v) is 6.95. The molecule has 0 aliphatic rings. The number of anilines is 2. The topological polar surface area (TPSA) is 136 Å². The van der Waals surface area contributed by atoms with Crippen molar-refractivity contribution in [1.29, 1.82) is 0 Å². The second-order valence-electron chi connectivity index (χ2n) is 6.95.